The number of nitrogens with one attached hydrogen (secondary N) is 2. The van der Waals surface area contributed by atoms with E-state index in [1.54, 1.807) is 6.07 Å². The first kappa shape index (κ1) is 17.2. The van der Waals surface area contributed by atoms with Crippen LogP contribution in [0.3, 0.4) is 0 Å². The van der Waals surface area contributed by atoms with Crippen LogP contribution in [0, 0.1) is 5.82 Å². The Balaban J connectivity index is 1.51. The molecule has 0 bridgehead atoms. The summed E-state index contributed by atoms with van der Waals surface area (Å²) in [5.74, 6) is -0.452. The maximum atomic E-state index is 13.8. The van der Waals surface area contributed by atoms with Crippen molar-refractivity contribution in [1.82, 2.24) is 15.5 Å². The summed E-state index contributed by atoms with van der Waals surface area (Å²) < 4.78 is 13.8. The molecule has 2 aliphatic rings. The molecule has 24 heavy (non-hydrogen) atoms. The maximum Gasteiger partial charge on any atom is 0.242 e. The first-order chi connectivity index (χ1) is 11.5. The number of amides is 2. The molecule has 2 aliphatic heterocycles. The molecule has 2 saturated heterocycles. The minimum Gasteiger partial charge on any atom is -0.350 e. The fourth-order valence-corrected chi connectivity index (χ4v) is 3.50. The molecule has 5 nitrogen and oxygen atoms in total. The summed E-state index contributed by atoms with van der Waals surface area (Å²) in [6.45, 7) is 1.92. The number of likely N-dealkylation sites (tertiary alicyclic amines) is 1. The van der Waals surface area contributed by atoms with Gasteiger partial charge in [-0.05, 0) is 37.5 Å². The zero-order chi connectivity index (χ0) is 17.1. The van der Waals surface area contributed by atoms with Crippen LogP contribution < -0.4 is 10.6 Å². The van der Waals surface area contributed by atoms with E-state index in [2.05, 4.69) is 15.5 Å². The predicted octanol–water partition coefficient (Wildman–Crippen LogP) is 1.84. The van der Waals surface area contributed by atoms with Gasteiger partial charge in [0.15, 0.2) is 0 Å². The molecule has 3 rings (SSSR count). The maximum absolute atomic E-state index is 13.8. The summed E-state index contributed by atoms with van der Waals surface area (Å²) in [4.78, 5) is 25.7. The first-order valence-corrected chi connectivity index (χ1v) is 8.65. The number of benzene rings is 1. The highest BCUT2D eigenvalue weighted by molar-refractivity contribution is 6.30. The highest BCUT2D eigenvalue weighted by Crippen LogP contribution is 2.19. The third kappa shape index (κ3) is 4.24. The number of piperidine rings is 1. The van der Waals surface area contributed by atoms with Crippen LogP contribution >= 0.6 is 11.6 Å². The second kappa shape index (κ2) is 7.49. The molecule has 2 atom stereocenters. The Morgan fingerprint density at radius 1 is 1.42 bits per heavy atom. The second-order valence-electron chi connectivity index (χ2n) is 6.48. The number of carbonyl (C=O) groups excluding carboxylic acids is 2. The molecule has 0 spiro atoms. The van der Waals surface area contributed by atoms with Gasteiger partial charge in [0, 0.05) is 42.7 Å². The van der Waals surface area contributed by atoms with Gasteiger partial charge >= 0.3 is 0 Å². The van der Waals surface area contributed by atoms with E-state index in [4.69, 9.17) is 11.6 Å². The lowest BCUT2D eigenvalue weighted by molar-refractivity contribution is -0.131. The van der Waals surface area contributed by atoms with Crippen LogP contribution in [0.25, 0.3) is 0 Å². The molecule has 0 radical (unpaired) electrons. The molecule has 0 unspecified atom stereocenters. The van der Waals surface area contributed by atoms with E-state index in [0.29, 0.717) is 36.5 Å². The number of halogens is 2. The van der Waals surface area contributed by atoms with E-state index in [1.165, 1.54) is 12.1 Å². The normalized spacial score (nSPS) is 24.7. The van der Waals surface area contributed by atoms with Gasteiger partial charge < -0.3 is 10.6 Å². The quantitative estimate of drug-likeness (QED) is 0.868. The van der Waals surface area contributed by atoms with Crippen molar-refractivity contribution in [3.05, 3.63) is 34.6 Å². The lowest BCUT2D eigenvalue weighted by atomic mass is 10.0. The molecule has 2 fully saturated rings. The van der Waals surface area contributed by atoms with Crippen LogP contribution in [0.5, 0.6) is 0 Å². The summed E-state index contributed by atoms with van der Waals surface area (Å²) in [7, 11) is 0. The lowest BCUT2D eigenvalue weighted by Gasteiger charge is -2.24. The minimum atomic E-state index is -0.425. The Morgan fingerprint density at radius 2 is 2.25 bits per heavy atom. The first-order valence-electron chi connectivity index (χ1n) is 8.27. The van der Waals surface area contributed by atoms with E-state index in [0.717, 1.165) is 19.4 Å². The Hall–Kier alpha value is -1.66. The van der Waals surface area contributed by atoms with Gasteiger partial charge in [-0.25, -0.2) is 4.39 Å². The topological polar surface area (TPSA) is 61.4 Å². The van der Waals surface area contributed by atoms with Gasteiger partial charge in [0.1, 0.15) is 11.9 Å². The van der Waals surface area contributed by atoms with E-state index >= 15 is 0 Å². The van der Waals surface area contributed by atoms with Crippen LogP contribution in [0.15, 0.2) is 18.2 Å². The van der Waals surface area contributed by atoms with Crippen molar-refractivity contribution in [2.24, 2.45) is 0 Å². The predicted molar refractivity (Wildman–Crippen MR) is 89.0 cm³/mol. The van der Waals surface area contributed by atoms with Crippen LogP contribution in [-0.2, 0) is 16.1 Å². The van der Waals surface area contributed by atoms with E-state index < -0.39 is 6.04 Å². The van der Waals surface area contributed by atoms with Crippen molar-refractivity contribution in [1.29, 1.82) is 0 Å². The van der Waals surface area contributed by atoms with E-state index in [-0.39, 0.29) is 23.7 Å². The van der Waals surface area contributed by atoms with Crippen molar-refractivity contribution in [3.63, 3.8) is 0 Å². The van der Waals surface area contributed by atoms with Crippen LogP contribution in [-0.4, -0.2) is 41.9 Å². The SMILES string of the molecule is O=C1CCC[C@H](C(=O)N[C@H]2CCN(Cc3cc(Cl)ccc3F)C2)N1. The third-order valence-electron chi connectivity index (χ3n) is 4.57. The van der Waals surface area contributed by atoms with Crippen LogP contribution in [0.4, 0.5) is 4.39 Å². The summed E-state index contributed by atoms with van der Waals surface area (Å²) >= 11 is 5.92. The number of hydrogen-bond donors (Lipinski definition) is 2. The molecule has 2 heterocycles. The largest absolute Gasteiger partial charge is 0.350 e. The Bertz CT molecular complexity index is 640. The lowest BCUT2D eigenvalue weighted by Crippen LogP contribution is -2.51. The second-order valence-corrected chi connectivity index (χ2v) is 6.91. The average molecular weight is 354 g/mol. The smallest absolute Gasteiger partial charge is 0.242 e. The standard InChI is InChI=1S/C17H21ClFN3O2/c18-12-4-5-14(19)11(8-12)9-22-7-6-13(10-22)20-17(24)15-2-1-3-16(23)21-15/h4-5,8,13,15H,1-3,6-7,9-10H2,(H,20,24)(H,21,23)/t13-,15+/m0/s1. The molecule has 0 saturated carbocycles. The van der Waals surface area contributed by atoms with Crippen molar-refractivity contribution in [3.8, 4) is 0 Å². The fourth-order valence-electron chi connectivity index (χ4n) is 3.30. The highest BCUT2D eigenvalue weighted by Gasteiger charge is 2.29. The van der Waals surface area contributed by atoms with Crippen LogP contribution in [0.2, 0.25) is 5.02 Å². The number of hydrogen-bond acceptors (Lipinski definition) is 3. The van der Waals surface area contributed by atoms with Gasteiger partial charge in [0.2, 0.25) is 11.8 Å². The highest BCUT2D eigenvalue weighted by atomic mass is 35.5. The van der Waals surface area contributed by atoms with Crippen molar-refractivity contribution >= 4 is 23.4 Å². The molecule has 7 heteroatoms. The van der Waals surface area contributed by atoms with Gasteiger partial charge in [-0.2, -0.15) is 0 Å². The van der Waals surface area contributed by atoms with Gasteiger partial charge in [-0.3, -0.25) is 14.5 Å². The van der Waals surface area contributed by atoms with Gasteiger partial charge in [-0.1, -0.05) is 11.6 Å². The summed E-state index contributed by atoms with van der Waals surface area (Å²) in [5.41, 5.74) is 0.564. The van der Waals surface area contributed by atoms with Crippen molar-refractivity contribution in [2.45, 2.75) is 44.3 Å². The third-order valence-corrected chi connectivity index (χ3v) is 4.80. The Labute approximate surface area is 145 Å². The minimum absolute atomic E-state index is 0.0265. The molecule has 0 aromatic heterocycles. The molecule has 2 amide bonds. The summed E-state index contributed by atoms with van der Waals surface area (Å²) in [6, 6.07) is 4.15. The van der Waals surface area contributed by atoms with Crippen molar-refractivity contribution in [2.75, 3.05) is 13.1 Å². The van der Waals surface area contributed by atoms with Gasteiger partial charge in [0.05, 0.1) is 0 Å². The van der Waals surface area contributed by atoms with Crippen LogP contribution in [0.1, 0.15) is 31.2 Å². The molecular weight excluding hydrogens is 333 g/mol. The average Bonchev–Trinajstić information content (AvgIpc) is 2.98. The molecular formula is C17H21ClFN3O2. The van der Waals surface area contributed by atoms with Crippen molar-refractivity contribution < 1.29 is 14.0 Å². The fraction of sp³-hybridized carbons (Fsp3) is 0.529. The number of carbonyl (C=O) groups is 2. The molecule has 0 aliphatic carbocycles. The van der Waals surface area contributed by atoms with E-state index in [9.17, 15) is 14.0 Å². The monoisotopic (exact) mass is 353 g/mol. The zero-order valence-electron chi connectivity index (χ0n) is 13.4. The molecule has 1 aromatic rings. The zero-order valence-corrected chi connectivity index (χ0v) is 14.1. The number of rotatable bonds is 4. The molecule has 130 valence electrons. The number of nitrogens with zero attached hydrogens (tertiary/aromatic N) is 1. The summed E-state index contributed by atoms with van der Waals surface area (Å²) in [6.07, 6.45) is 2.73. The Kier molecular flexibility index (Phi) is 5.36. The molecule has 1 aromatic carbocycles. The Morgan fingerprint density at radius 3 is 3.04 bits per heavy atom. The molecule has 2 N–H and O–H groups in total. The van der Waals surface area contributed by atoms with E-state index in [1.807, 2.05) is 0 Å². The summed E-state index contributed by atoms with van der Waals surface area (Å²) in [5, 5.41) is 6.24. The van der Waals surface area contributed by atoms with Gasteiger partial charge in [-0.15, -0.1) is 0 Å². The van der Waals surface area contributed by atoms with Gasteiger partial charge in [0.25, 0.3) is 0 Å².